The van der Waals surface area contributed by atoms with E-state index >= 15 is 0 Å². The predicted molar refractivity (Wildman–Crippen MR) is 67.3 cm³/mol. The van der Waals surface area contributed by atoms with Crippen LogP contribution < -0.4 is 5.73 Å². The molecule has 2 aromatic rings. The number of hydrogen-bond donors (Lipinski definition) is 2. The number of phenols is 1. The summed E-state index contributed by atoms with van der Waals surface area (Å²) in [5.41, 5.74) is 5.96. The molecule has 0 atom stereocenters. The van der Waals surface area contributed by atoms with Gasteiger partial charge in [0.15, 0.2) is 11.6 Å². The van der Waals surface area contributed by atoms with Crippen molar-refractivity contribution in [1.82, 2.24) is 10.1 Å². The molecule has 1 aromatic carbocycles. The molecule has 7 heteroatoms. The van der Waals surface area contributed by atoms with Crippen LogP contribution >= 0.6 is 0 Å². The molecule has 1 aliphatic rings. The maximum Gasteiger partial charge on any atom is 0.247 e. The molecular weight excluding hydrogens is 265 g/mol. The SMILES string of the molecule is NC1(c2nc(-c3ccc(O)c(F)c3)no2)CCOCC1. The Bertz CT molecular complexity index is 623. The Balaban J connectivity index is 1.91. The van der Waals surface area contributed by atoms with Crippen LogP contribution in [0.3, 0.4) is 0 Å². The van der Waals surface area contributed by atoms with E-state index in [1.165, 1.54) is 12.1 Å². The van der Waals surface area contributed by atoms with Crippen LogP contribution in [0, 0.1) is 5.82 Å². The predicted octanol–water partition coefficient (Wildman–Crippen LogP) is 1.55. The monoisotopic (exact) mass is 279 g/mol. The standard InChI is InChI=1S/C13H14FN3O3/c14-9-7-8(1-2-10(9)18)11-16-12(20-17-11)13(15)3-5-19-6-4-13/h1-2,7,18H,3-6,15H2. The molecule has 0 spiro atoms. The molecule has 106 valence electrons. The zero-order valence-electron chi connectivity index (χ0n) is 10.7. The van der Waals surface area contributed by atoms with Crippen LogP contribution in [0.2, 0.25) is 0 Å². The van der Waals surface area contributed by atoms with Gasteiger partial charge >= 0.3 is 0 Å². The van der Waals surface area contributed by atoms with Crippen LogP contribution in [-0.2, 0) is 10.3 Å². The Hall–Kier alpha value is -1.99. The van der Waals surface area contributed by atoms with Crippen LogP contribution in [0.25, 0.3) is 11.4 Å². The summed E-state index contributed by atoms with van der Waals surface area (Å²) >= 11 is 0. The van der Waals surface area contributed by atoms with Crippen LogP contribution in [0.4, 0.5) is 4.39 Å². The summed E-state index contributed by atoms with van der Waals surface area (Å²) in [6.45, 7) is 1.09. The average Bonchev–Trinajstić information content (AvgIpc) is 2.93. The Labute approximate surface area is 114 Å². The van der Waals surface area contributed by atoms with Crippen molar-refractivity contribution in [2.75, 3.05) is 13.2 Å². The minimum Gasteiger partial charge on any atom is -0.505 e. The third-order valence-electron chi connectivity index (χ3n) is 3.44. The molecule has 0 saturated carbocycles. The summed E-state index contributed by atoms with van der Waals surface area (Å²) in [6.07, 6.45) is 1.19. The van der Waals surface area contributed by atoms with Gasteiger partial charge in [0.1, 0.15) is 5.54 Å². The van der Waals surface area contributed by atoms with E-state index in [0.29, 0.717) is 37.5 Å². The fraction of sp³-hybridized carbons (Fsp3) is 0.385. The van der Waals surface area contributed by atoms with E-state index in [-0.39, 0.29) is 5.82 Å². The molecule has 6 nitrogen and oxygen atoms in total. The summed E-state index contributed by atoms with van der Waals surface area (Å²) in [6, 6.07) is 3.91. The van der Waals surface area contributed by atoms with Gasteiger partial charge in [0.05, 0.1) is 0 Å². The maximum atomic E-state index is 13.3. The van der Waals surface area contributed by atoms with Gasteiger partial charge in [0.25, 0.3) is 0 Å². The highest BCUT2D eigenvalue weighted by Crippen LogP contribution is 2.30. The summed E-state index contributed by atoms with van der Waals surface area (Å²) in [4.78, 5) is 4.24. The highest BCUT2D eigenvalue weighted by molar-refractivity contribution is 5.56. The normalized spacial score (nSPS) is 18.1. The largest absolute Gasteiger partial charge is 0.505 e. The number of ether oxygens (including phenoxy) is 1. The molecule has 3 rings (SSSR count). The van der Waals surface area contributed by atoms with Gasteiger partial charge in [-0.1, -0.05) is 5.16 Å². The average molecular weight is 279 g/mol. The lowest BCUT2D eigenvalue weighted by Crippen LogP contribution is -2.42. The zero-order chi connectivity index (χ0) is 14.2. The highest BCUT2D eigenvalue weighted by atomic mass is 19.1. The van der Waals surface area contributed by atoms with Gasteiger partial charge in [-0.05, 0) is 31.0 Å². The molecule has 0 radical (unpaired) electrons. The van der Waals surface area contributed by atoms with Gasteiger partial charge in [0, 0.05) is 18.8 Å². The summed E-state index contributed by atoms with van der Waals surface area (Å²) in [5, 5.41) is 13.0. The van der Waals surface area contributed by atoms with E-state index in [0.717, 1.165) is 6.07 Å². The topological polar surface area (TPSA) is 94.4 Å². The zero-order valence-corrected chi connectivity index (χ0v) is 10.7. The van der Waals surface area contributed by atoms with E-state index in [2.05, 4.69) is 10.1 Å². The van der Waals surface area contributed by atoms with Crippen LogP contribution in [0.15, 0.2) is 22.7 Å². The first kappa shape index (κ1) is 13.0. The Morgan fingerprint density at radius 1 is 1.30 bits per heavy atom. The highest BCUT2D eigenvalue weighted by Gasteiger charge is 2.35. The molecule has 0 aliphatic carbocycles. The van der Waals surface area contributed by atoms with Crippen molar-refractivity contribution in [1.29, 1.82) is 0 Å². The van der Waals surface area contributed by atoms with Crippen LogP contribution in [-0.4, -0.2) is 28.5 Å². The van der Waals surface area contributed by atoms with Crippen molar-refractivity contribution in [3.8, 4) is 17.1 Å². The molecule has 0 amide bonds. The second-order valence-corrected chi connectivity index (χ2v) is 4.86. The van der Waals surface area contributed by atoms with E-state index in [9.17, 15) is 4.39 Å². The van der Waals surface area contributed by atoms with Crippen molar-refractivity contribution in [2.24, 2.45) is 5.73 Å². The number of aromatic nitrogens is 2. The number of nitrogens with two attached hydrogens (primary N) is 1. The molecule has 0 unspecified atom stereocenters. The van der Waals surface area contributed by atoms with Gasteiger partial charge < -0.3 is 20.1 Å². The lowest BCUT2D eigenvalue weighted by molar-refractivity contribution is 0.0400. The first-order valence-electron chi connectivity index (χ1n) is 6.28. The number of phenolic OH excluding ortho intramolecular Hbond substituents is 1. The number of rotatable bonds is 2. The van der Waals surface area contributed by atoms with Crippen molar-refractivity contribution < 1.29 is 18.8 Å². The van der Waals surface area contributed by atoms with Gasteiger partial charge in [-0.25, -0.2) is 4.39 Å². The molecule has 1 aliphatic heterocycles. The summed E-state index contributed by atoms with van der Waals surface area (Å²) < 4.78 is 23.8. The first-order chi connectivity index (χ1) is 9.58. The molecule has 20 heavy (non-hydrogen) atoms. The van der Waals surface area contributed by atoms with Gasteiger partial charge in [-0.2, -0.15) is 4.98 Å². The number of nitrogens with zero attached hydrogens (tertiary/aromatic N) is 2. The molecule has 1 aromatic heterocycles. The molecule has 1 fully saturated rings. The smallest absolute Gasteiger partial charge is 0.247 e. The number of halogens is 1. The van der Waals surface area contributed by atoms with Gasteiger partial charge in [-0.3, -0.25) is 0 Å². The molecule has 0 bridgehead atoms. The minimum absolute atomic E-state index is 0.246. The lowest BCUT2D eigenvalue weighted by atomic mass is 9.91. The maximum absolute atomic E-state index is 13.3. The number of hydrogen-bond acceptors (Lipinski definition) is 6. The quantitative estimate of drug-likeness (QED) is 0.866. The first-order valence-corrected chi connectivity index (χ1v) is 6.28. The van der Waals surface area contributed by atoms with Crippen molar-refractivity contribution in [2.45, 2.75) is 18.4 Å². The Morgan fingerprint density at radius 2 is 2.05 bits per heavy atom. The van der Waals surface area contributed by atoms with E-state index in [4.69, 9.17) is 20.1 Å². The van der Waals surface area contributed by atoms with Crippen molar-refractivity contribution >= 4 is 0 Å². The third kappa shape index (κ3) is 2.25. The van der Waals surface area contributed by atoms with Crippen molar-refractivity contribution in [3.05, 3.63) is 29.9 Å². The fourth-order valence-corrected chi connectivity index (χ4v) is 2.14. The van der Waals surface area contributed by atoms with Gasteiger partial charge in [-0.15, -0.1) is 0 Å². The molecule has 1 saturated heterocycles. The van der Waals surface area contributed by atoms with Crippen LogP contribution in [0.1, 0.15) is 18.7 Å². The second-order valence-electron chi connectivity index (χ2n) is 4.86. The number of aromatic hydroxyl groups is 1. The minimum atomic E-state index is -0.734. The van der Waals surface area contributed by atoms with Gasteiger partial charge in [0.2, 0.25) is 11.7 Å². The molecule has 3 N–H and O–H groups in total. The summed E-state index contributed by atoms with van der Waals surface area (Å²) in [5.74, 6) is -0.584. The number of benzene rings is 1. The van der Waals surface area contributed by atoms with Crippen LogP contribution in [0.5, 0.6) is 5.75 Å². The van der Waals surface area contributed by atoms with E-state index in [1.54, 1.807) is 0 Å². The fourth-order valence-electron chi connectivity index (χ4n) is 2.14. The van der Waals surface area contributed by atoms with Crippen molar-refractivity contribution in [3.63, 3.8) is 0 Å². The second kappa shape index (κ2) is 4.84. The Kier molecular flexibility index (Phi) is 3.15. The molecule has 2 heterocycles. The lowest BCUT2D eigenvalue weighted by Gasteiger charge is -2.29. The Morgan fingerprint density at radius 3 is 2.75 bits per heavy atom. The third-order valence-corrected chi connectivity index (χ3v) is 3.44. The van der Waals surface area contributed by atoms with E-state index < -0.39 is 17.1 Å². The summed E-state index contributed by atoms with van der Waals surface area (Å²) in [7, 11) is 0. The van der Waals surface area contributed by atoms with E-state index in [1.807, 2.05) is 0 Å². The molecular formula is C13H14FN3O3.